The highest BCUT2D eigenvalue weighted by atomic mass is 35.5. The van der Waals surface area contributed by atoms with Gasteiger partial charge in [-0.05, 0) is 36.2 Å². The van der Waals surface area contributed by atoms with Gasteiger partial charge >= 0.3 is 0 Å². The molecule has 1 N–H and O–H groups in total. The summed E-state index contributed by atoms with van der Waals surface area (Å²) in [5.74, 6) is 1.26. The van der Waals surface area contributed by atoms with Gasteiger partial charge in [-0.1, -0.05) is 39.3 Å². The second-order valence-corrected chi connectivity index (χ2v) is 6.02. The first-order valence-corrected chi connectivity index (χ1v) is 7.30. The summed E-state index contributed by atoms with van der Waals surface area (Å²) in [6.45, 7) is 10.1. The van der Waals surface area contributed by atoms with Crippen molar-refractivity contribution in [3.8, 4) is 0 Å². The molecule has 1 nitrogen and oxygen atoms in total. The molecule has 3 heteroatoms. The Hall–Kier alpha value is -0.0500. The molecule has 16 heavy (non-hydrogen) atoms. The van der Waals surface area contributed by atoms with Crippen LogP contribution < -0.4 is 5.32 Å². The minimum atomic E-state index is 0.396. The fraction of sp³-hybridized carbons (Fsp3) is 0.692. The van der Waals surface area contributed by atoms with Gasteiger partial charge in [0.05, 0.1) is 5.02 Å². The summed E-state index contributed by atoms with van der Waals surface area (Å²) < 4.78 is 0. The van der Waals surface area contributed by atoms with E-state index >= 15 is 0 Å². The normalized spacial score (nSPS) is 15.4. The number of nitrogens with one attached hydrogen (secondary N) is 1. The molecule has 0 fully saturated rings. The molecule has 0 aliphatic heterocycles. The van der Waals surface area contributed by atoms with Crippen LogP contribution in [0.3, 0.4) is 0 Å². The standard InChI is InChI=1S/C13H22ClNS/c1-5-7-15-12(10(4)9(2)3)13-11(14)6-8-16-13/h6,8-10,12,15H,5,7H2,1-4H3. The van der Waals surface area contributed by atoms with Crippen LogP contribution in [0.4, 0.5) is 0 Å². The van der Waals surface area contributed by atoms with Gasteiger partial charge in [-0.3, -0.25) is 0 Å². The Bertz CT molecular complexity index is 309. The first-order valence-electron chi connectivity index (χ1n) is 6.04. The third kappa shape index (κ3) is 3.47. The van der Waals surface area contributed by atoms with E-state index in [9.17, 15) is 0 Å². The highest BCUT2D eigenvalue weighted by molar-refractivity contribution is 7.10. The summed E-state index contributed by atoms with van der Waals surface area (Å²) >= 11 is 7.99. The fourth-order valence-corrected chi connectivity index (χ4v) is 3.09. The minimum absolute atomic E-state index is 0.396. The van der Waals surface area contributed by atoms with E-state index in [1.54, 1.807) is 11.3 Å². The van der Waals surface area contributed by atoms with Crippen LogP contribution in [-0.2, 0) is 0 Å². The van der Waals surface area contributed by atoms with Crippen molar-refractivity contribution in [2.75, 3.05) is 6.54 Å². The quantitative estimate of drug-likeness (QED) is 0.779. The Balaban J connectivity index is 2.83. The first kappa shape index (κ1) is 14.0. The smallest absolute Gasteiger partial charge is 0.0561 e. The molecule has 0 aromatic carbocycles. The van der Waals surface area contributed by atoms with Crippen molar-refractivity contribution < 1.29 is 0 Å². The van der Waals surface area contributed by atoms with Crippen molar-refractivity contribution in [2.45, 2.75) is 40.2 Å². The highest BCUT2D eigenvalue weighted by Gasteiger charge is 2.24. The predicted molar refractivity (Wildman–Crippen MR) is 74.4 cm³/mol. The molecule has 1 rings (SSSR count). The van der Waals surface area contributed by atoms with Crippen molar-refractivity contribution in [3.05, 3.63) is 21.3 Å². The second kappa shape index (κ2) is 6.63. The van der Waals surface area contributed by atoms with Gasteiger partial charge in [-0.2, -0.15) is 0 Å². The lowest BCUT2D eigenvalue weighted by Gasteiger charge is -2.27. The van der Waals surface area contributed by atoms with Crippen LogP contribution in [0.5, 0.6) is 0 Å². The molecule has 2 atom stereocenters. The molecule has 92 valence electrons. The number of rotatable bonds is 6. The summed E-state index contributed by atoms with van der Waals surface area (Å²) in [6, 6.07) is 2.39. The fourth-order valence-electron chi connectivity index (χ4n) is 1.73. The van der Waals surface area contributed by atoms with E-state index in [1.807, 2.05) is 6.07 Å². The molecule has 0 saturated heterocycles. The van der Waals surface area contributed by atoms with Crippen LogP contribution >= 0.6 is 22.9 Å². The first-order chi connectivity index (χ1) is 7.57. The van der Waals surface area contributed by atoms with Crippen LogP contribution in [0, 0.1) is 11.8 Å². The van der Waals surface area contributed by atoms with E-state index in [0.29, 0.717) is 17.9 Å². The maximum Gasteiger partial charge on any atom is 0.0561 e. The van der Waals surface area contributed by atoms with Crippen LogP contribution in [0.25, 0.3) is 0 Å². The van der Waals surface area contributed by atoms with Crippen molar-refractivity contribution in [1.29, 1.82) is 0 Å². The molecular formula is C13H22ClNS. The van der Waals surface area contributed by atoms with E-state index < -0.39 is 0 Å². The maximum absolute atomic E-state index is 6.23. The monoisotopic (exact) mass is 259 g/mol. The molecule has 0 radical (unpaired) electrons. The van der Waals surface area contributed by atoms with Crippen LogP contribution in [0.2, 0.25) is 5.02 Å². The summed E-state index contributed by atoms with van der Waals surface area (Å²) in [5.41, 5.74) is 0. The van der Waals surface area contributed by atoms with Crippen molar-refractivity contribution in [1.82, 2.24) is 5.32 Å². The molecule has 1 heterocycles. The average Bonchev–Trinajstić information content (AvgIpc) is 2.65. The maximum atomic E-state index is 6.23. The second-order valence-electron chi connectivity index (χ2n) is 4.67. The zero-order valence-corrected chi connectivity index (χ0v) is 12.2. The Labute approximate surface area is 108 Å². The van der Waals surface area contributed by atoms with Crippen molar-refractivity contribution in [2.24, 2.45) is 11.8 Å². The number of halogens is 1. The molecule has 0 amide bonds. The highest BCUT2D eigenvalue weighted by Crippen LogP contribution is 2.35. The zero-order chi connectivity index (χ0) is 12.1. The molecule has 0 aliphatic rings. The van der Waals surface area contributed by atoms with Gasteiger partial charge in [0.2, 0.25) is 0 Å². The van der Waals surface area contributed by atoms with Crippen LogP contribution in [-0.4, -0.2) is 6.54 Å². The van der Waals surface area contributed by atoms with E-state index in [0.717, 1.165) is 18.0 Å². The lowest BCUT2D eigenvalue weighted by molar-refractivity contribution is 0.307. The number of thiophene rings is 1. The summed E-state index contributed by atoms with van der Waals surface area (Å²) in [6.07, 6.45) is 1.16. The molecule has 2 unspecified atom stereocenters. The third-order valence-electron chi connectivity index (χ3n) is 3.12. The molecular weight excluding hydrogens is 238 g/mol. The SMILES string of the molecule is CCCNC(c1sccc1Cl)C(C)C(C)C. The lowest BCUT2D eigenvalue weighted by Crippen LogP contribution is -2.29. The van der Waals surface area contributed by atoms with Gasteiger partial charge < -0.3 is 5.32 Å². The third-order valence-corrected chi connectivity index (χ3v) is 4.56. The number of hydrogen-bond acceptors (Lipinski definition) is 2. The number of hydrogen-bond donors (Lipinski definition) is 1. The summed E-state index contributed by atoms with van der Waals surface area (Å²) in [7, 11) is 0. The van der Waals surface area contributed by atoms with E-state index in [4.69, 9.17) is 11.6 Å². The van der Waals surface area contributed by atoms with E-state index in [1.165, 1.54) is 4.88 Å². The van der Waals surface area contributed by atoms with E-state index in [2.05, 4.69) is 38.4 Å². The van der Waals surface area contributed by atoms with Gasteiger partial charge in [0.1, 0.15) is 0 Å². The van der Waals surface area contributed by atoms with Crippen molar-refractivity contribution >= 4 is 22.9 Å². The Morgan fingerprint density at radius 1 is 1.38 bits per heavy atom. The Morgan fingerprint density at radius 3 is 2.50 bits per heavy atom. The largest absolute Gasteiger partial charge is 0.309 e. The van der Waals surface area contributed by atoms with Gasteiger partial charge in [0.15, 0.2) is 0 Å². The molecule has 0 saturated carbocycles. The molecule has 0 aliphatic carbocycles. The topological polar surface area (TPSA) is 12.0 Å². The Kier molecular flexibility index (Phi) is 5.81. The van der Waals surface area contributed by atoms with Gasteiger partial charge in [-0.25, -0.2) is 0 Å². The molecule has 1 aromatic rings. The van der Waals surface area contributed by atoms with Crippen LogP contribution in [0.15, 0.2) is 11.4 Å². The van der Waals surface area contributed by atoms with Gasteiger partial charge in [-0.15, -0.1) is 11.3 Å². The zero-order valence-electron chi connectivity index (χ0n) is 10.6. The summed E-state index contributed by atoms with van der Waals surface area (Å²) in [5, 5.41) is 6.60. The molecule has 0 spiro atoms. The minimum Gasteiger partial charge on any atom is -0.309 e. The van der Waals surface area contributed by atoms with E-state index in [-0.39, 0.29) is 0 Å². The summed E-state index contributed by atoms with van der Waals surface area (Å²) in [4.78, 5) is 1.29. The van der Waals surface area contributed by atoms with Gasteiger partial charge in [0.25, 0.3) is 0 Å². The lowest BCUT2D eigenvalue weighted by atomic mass is 9.89. The van der Waals surface area contributed by atoms with Gasteiger partial charge in [0, 0.05) is 10.9 Å². The van der Waals surface area contributed by atoms with Crippen LogP contribution in [0.1, 0.15) is 45.0 Å². The molecule has 1 aromatic heterocycles. The molecule has 0 bridgehead atoms. The predicted octanol–water partition coefficient (Wildman–Crippen LogP) is 4.73. The van der Waals surface area contributed by atoms with Crippen molar-refractivity contribution in [3.63, 3.8) is 0 Å². The average molecular weight is 260 g/mol. The Morgan fingerprint density at radius 2 is 2.06 bits per heavy atom.